The highest BCUT2D eigenvalue weighted by molar-refractivity contribution is 6.31. The first-order valence-electron chi connectivity index (χ1n) is 14.1. The summed E-state index contributed by atoms with van der Waals surface area (Å²) < 4.78 is 0. The average molecular weight is 589 g/mol. The van der Waals surface area contributed by atoms with Crippen molar-refractivity contribution >= 4 is 57.0 Å². The van der Waals surface area contributed by atoms with Crippen molar-refractivity contribution in [2.24, 2.45) is 17.8 Å². The quantitative estimate of drug-likeness (QED) is 0.276. The topological polar surface area (TPSA) is 130 Å². The number of aryl methyl sites for hydroxylation is 1. The number of aromatic nitrogens is 2. The molecule has 42 heavy (non-hydrogen) atoms. The maximum Gasteiger partial charge on any atom is 0.253 e. The number of nitrogens with one attached hydrogen (secondary N) is 4. The Kier molecular flexibility index (Phi) is 7.40. The maximum absolute atomic E-state index is 13.6. The number of rotatable bonds is 6. The smallest absolute Gasteiger partial charge is 0.253 e. The predicted octanol–water partition coefficient (Wildman–Crippen LogP) is 2.86. The van der Waals surface area contributed by atoms with Crippen LogP contribution in [0.5, 0.6) is 0 Å². The molecular formula is C31H33ClN6O4. The van der Waals surface area contributed by atoms with Gasteiger partial charge in [-0.1, -0.05) is 17.7 Å². The zero-order valence-corrected chi connectivity index (χ0v) is 24.3. The maximum atomic E-state index is 13.6. The van der Waals surface area contributed by atoms with E-state index in [4.69, 9.17) is 11.6 Å². The van der Waals surface area contributed by atoms with Crippen molar-refractivity contribution in [2.45, 2.75) is 13.3 Å². The summed E-state index contributed by atoms with van der Waals surface area (Å²) in [5.41, 5.74) is 4.29. The van der Waals surface area contributed by atoms with Crippen LogP contribution in [0.1, 0.15) is 21.6 Å². The van der Waals surface area contributed by atoms with Crippen molar-refractivity contribution in [1.82, 2.24) is 30.4 Å². The molecule has 3 atom stereocenters. The first-order valence-corrected chi connectivity index (χ1v) is 14.5. The predicted molar refractivity (Wildman–Crippen MR) is 160 cm³/mol. The molecule has 0 radical (unpaired) electrons. The summed E-state index contributed by atoms with van der Waals surface area (Å²) in [6, 6.07) is 13.1. The fraction of sp³-hybridized carbons (Fsp3) is 0.355. The summed E-state index contributed by atoms with van der Waals surface area (Å²) in [7, 11) is 1.51. The van der Waals surface area contributed by atoms with Gasteiger partial charge in [-0.05, 0) is 60.7 Å². The number of amides is 4. The highest BCUT2D eigenvalue weighted by Crippen LogP contribution is 2.37. The van der Waals surface area contributed by atoms with Crippen LogP contribution in [-0.4, -0.2) is 83.2 Å². The van der Waals surface area contributed by atoms with Crippen LogP contribution in [0.3, 0.4) is 0 Å². The zero-order valence-electron chi connectivity index (χ0n) is 23.5. The molecule has 11 heteroatoms. The third-order valence-electron chi connectivity index (χ3n) is 8.63. The molecule has 2 aliphatic heterocycles. The molecule has 4 amide bonds. The summed E-state index contributed by atoms with van der Waals surface area (Å²) in [6.45, 7) is 3.37. The highest BCUT2D eigenvalue weighted by atomic mass is 35.5. The number of hydrogen-bond acceptors (Lipinski definition) is 4. The molecule has 2 aromatic heterocycles. The lowest BCUT2D eigenvalue weighted by atomic mass is 9.79. The minimum absolute atomic E-state index is 0.0672. The number of nitrogens with zero attached hydrogens (tertiary/aromatic N) is 2. The van der Waals surface area contributed by atoms with Crippen molar-refractivity contribution in [3.8, 4) is 0 Å². The van der Waals surface area contributed by atoms with E-state index in [0.29, 0.717) is 30.2 Å². The Morgan fingerprint density at radius 2 is 1.79 bits per heavy atom. The Morgan fingerprint density at radius 3 is 2.60 bits per heavy atom. The van der Waals surface area contributed by atoms with Crippen LogP contribution in [0.25, 0.3) is 21.8 Å². The normalized spacial score (nSPS) is 20.1. The second kappa shape index (κ2) is 11.2. The molecule has 3 unspecified atom stereocenters. The van der Waals surface area contributed by atoms with E-state index in [1.807, 2.05) is 49.5 Å². The molecule has 218 valence electrons. The van der Waals surface area contributed by atoms with E-state index in [0.717, 1.165) is 33.1 Å². The van der Waals surface area contributed by atoms with Gasteiger partial charge in [-0.3, -0.25) is 19.2 Å². The van der Waals surface area contributed by atoms with Gasteiger partial charge in [0.2, 0.25) is 17.7 Å². The van der Waals surface area contributed by atoms with Crippen LogP contribution in [0.2, 0.25) is 5.02 Å². The SMILES string of the molecule is CNC(=O)CNC(=O)C1CN(C(=O)Cc2c[nH]c3cc(Cl)ccc23)CC2CN(C(=O)c3ccc4[nH]c(C)cc4c3)CC21. The van der Waals surface area contributed by atoms with E-state index in [-0.39, 0.29) is 55.0 Å². The van der Waals surface area contributed by atoms with Crippen LogP contribution in [0.4, 0.5) is 0 Å². The van der Waals surface area contributed by atoms with E-state index >= 15 is 0 Å². The van der Waals surface area contributed by atoms with Gasteiger partial charge in [-0.15, -0.1) is 0 Å². The summed E-state index contributed by atoms with van der Waals surface area (Å²) in [5.74, 6) is -1.52. The first-order chi connectivity index (χ1) is 20.2. The molecule has 2 fully saturated rings. The second-order valence-electron chi connectivity index (χ2n) is 11.4. The van der Waals surface area contributed by atoms with Crippen LogP contribution in [0, 0.1) is 24.7 Å². The number of carbonyl (C=O) groups is 4. The van der Waals surface area contributed by atoms with E-state index in [1.54, 1.807) is 15.9 Å². The van der Waals surface area contributed by atoms with Gasteiger partial charge in [-0.2, -0.15) is 0 Å². The Balaban J connectivity index is 1.22. The lowest BCUT2D eigenvalue weighted by molar-refractivity contribution is -0.139. The van der Waals surface area contributed by atoms with Gasteiger partial charge < -0.3 is 30.4 Å². The van der Waals surface area contributed by atoms with E-state index < -0.39 is 5.92 Å². The lowest BCUT2D eigenvalue weighted by Crippen LogP contribution is -2.54. The number of fused-ring (bicyclic) bond motifs is 3. The summed E-state index contributed by atoms with van der Waals surface area (Å²) in [6.07, 6.45) is 1.99. The number of carbonyl (C=O) groups excluding carboxylic acids is 4. The Morgan fingerprint density at radius 1 is 0.976 bits per heavy atom. The third-order valence-corrected chi connectivity index (χ3v) is 8.87. The molecule has 2 aromatic carbocycles. The third kappa shape index (κ3) is 5.34. The van der Waals surface area contributed by atoms with Crippen molar-refractivity contribution in [3.63, 3.8) is 0 Å². The van der Waals surface area contributed by atoms with Gasteiger partial charge in [0, 0.05) is 77.5 Å². The van der Waals surface area contributed by atoms with E-state index in [9.17, 15) is 19.2 Å². The summed E-state index contributed by atoms with van der Waals surface area (Å²) >= 11 is 6.12. The van der Waals surface area contributed by atoms with Crippen molar-refractivity contribution in [2.75, 3.05) is 39.8 Å². The minimum Gasteiger partial charge on any atom is -0.361 e. The van der Waals surface area contributed by atoms with Gasteiger partial charge in [0.15, 0.2) is 0 Å². The minimum atomic E-state index is -0.549. The highest BCUT2D eigenvalue weighted by Gasteiger charge is 2.47. The number of halogens is 1. The van der Waals surface area contributed by atoms with Crippen molar-refractivity contribution in [3.05, 3.63) is 70.5 Å². The molecular weight excluding hydrogens is 556 g/mol. The van der Waals surface area contributed by atoms with Gasteiger partial charge in [0.05, 0.1) is 18.9 Å². The number of aromatic amines is 2. The summed E-state index contributed by atoms with van der Waals surface area (Å²) in [4.78, 5) is 62.5. The van der Waals surface area contributed by atoms with Crippen molar-refractivity contribution < 1.29 is 19.2 Å². The fourth-order valence-corrected chi connectivity index (χ4v) is 6.65. The zero-order chi connectivity index (χ0) is 29.5. The molecule has 0 saturated carbocycles. The largest absolute Gasteiger partial charge is 0.361 e. The molecule has 0 spiro atoms. The van der Waals surface area contributed by atoms with Crippen LogP contribution >= 0.6 is 11.6 Å². The van der Waals surface area contributed by atoms with Crippen LogP contribution in [-0.2, 0) is 20.8 Å². The Bertz CT molecular complexity index is 1710. The van der Waals surface area contributed by atoms with Gasteiger partial charge in [0.1, 0.15) is 0 Å². The lowest BCUT2D eigenvalue weighted by Gasteiger charge is -2.39. The molecule has 10 nitrogen and oxygen atoms in total. The summed E-state index contributed by atoms with van der Waals surface area (Å²) in [5, 5.41) is 7.75. The van der Waals surface area contributed by atoms with E-state index in [2.05, 4.69) is 20.6 Å². The fourth-order valence-electron chi connectivity index (χ4n) is 6.48. The van der Waals surface area contributed by atoms with Crippen LogP contribution < -0.4 is 10.6 Å². The second-order valence-corrected chi connectivity index (χ2v) is 11.8. The number of likely N-dealkylation sites (tertiary alicyclic amines) is 2. The number of piperidine rings is 1. The molecule has 0 bridgehead atoms. The number of H-pyrrole nitrogens is 2. The first kappa shape index (κ1) is 27.8. The number of hydrogen-bond donors (Lipinski definition) is 4. The monoisotopic (exact) mass is 588 g/mol. The molecule has 4 N–H and O–H groups in total. The molecule has 0 aliphatic carbocycles. The van der Waals surface area contributed by atoms with Crippen molar-refractivity contribution in [1.29, 1.82) is 0 Å². The van der Waals surface area contributed by atoms with Gasteiger partial charge in [-0.25, -0.2) is 0 Å². The standard InChI is InChI=1S/C31H33ClN6O4/c1-17-7-19-8-18(3-6-26(19)36-17)31(42)38-14-21-13-37(16-25(24(21)15-38)30(41)35-12-28(39)33-2)29(40)9-20-11-34-27-10-22(32)4-5-23(20)27/h3-8,10-11,21,24-25,34,36H,9,12-16H2,1-2H3,(H,33,39)(H,35,41). The van der Waals surface area contributed by atoms with E-state index in [1.165, 1.54) is 7.05 Å². The number of benzene rings is 2. The molecule has 4 aromatic rings. The Labute approximate surface area is 247 Å². The van der Waals surface area contributed by atoms with Gasteiger partial charge in [0.25, 0.3) is 5.91 Å². The van der Waals surface area contributed by atoms with Gasteiger partial charge >= 0.3 is 0 Å². The van der Waals surface area contributed by atoms with Crippen LogP contribution in [0.15, 0.2) is 48.7 Å². The molecule has 6 rings (SSSR count). The number of likely N-dealkylation sites (N-methyl/N-ethyl adjacent to an activating group) is 1. The Hall–Kier alpha value is -4.31. The molecule has 2 aliphatic rings. The molecule has 4 heterocycles. The average Bonchev–Trinajstić information content (AvgIpc) is 3.69. The molecule has 2 saturated heterocycles.